The molecule has 3 N–H and O–H groups in total. The van der Waals surface area contributed by atoms with Crippen LogP contribution in [0.2, 0.25) is 0 Å². The number of nitrogens with one attached hydrogen (secondary N) is 3. The molecule has 9 heteroatoms. The van der Waals surface area contributed by atoms with Gasteiger partial charge < -0.3 is 5.32 Å². The molecule has 0 aromatic heterocycles. The van der Waals surface area contributed by atoms with Gasteiger partial charge in [0, 0.05) is 35.9 Å². The summed E-state index contributed by atoms with van der Waals surface area (Å²) in [4.78, 5) is 45.3. The highest BCUT2D eigenvalue weighted by molar-refractivity contribution is 5.98. The summed E-state index contributed by atoms with van der Waals surface area (Å²) in [5.41, 5.74) is 5.70. The van der Waals surface area contributed by atoms with E-state index in [2.05, 4.69) is 16.2 Å². The summed E-state index contributed by atoms with van der Waals surface area (Å²) in [6.07, 6.45) is 2.88. The fourth-order valence-electron chi connectivity index (χ4n) is 2.10. The monoisotopic (exact) mass is 382 g/mol. The zero-order chi connectivity index (χ0) is 20.5. The van der Waals surface area contributed by atoms with Crippen molar-refractivity contribution in [3.8, 4) is 0 Å². The number of nitro benzene ring substituents is 1. The van der Waals surface area contributed by atoms with Crippen molar-refractivity contribution in [2.24, 2.45) is 0 Å². The summed E-state index contributed by atoms with van der Waals surface area (Å²) in [5.74, 6) is -1.28. The second-order valence-corrected chi connectivity index (χ2v) is 5.61. The SMILES string of the molecule is CCC(=O)Nc1ccc(C(=O)NNC(=O)/C=C/c2cccc([N+](=O)[O-])c2)cc1. The fourth-order valence-corrected chi connectivity index (χ4v) is 2.10. The molecule has 0 saturated carbocycles. The van der Waals surface area contributed by atoms with Gasteiger partial charge in [-0.25, -0.2) is 0 Å². The number of hydrogen-bond donors (Lipinski definition) is 3. The van der Waals surface area contributed by atoms with Gasteiger partial charge in [0.05, 0.1) is 4.92 Å². The molecule has 9 nitrogen and oxygen atoms in total. The Hall–Kier alpha value is -4.01. The Labute approximate surface area is 160 Å². The molecule has 0 atom stereocenters. The van der Waals surface area contributed by atoms with Crippen molar-refractivity contribution in [3.05, 3.63) is 75.8 Å². The summed E-state index contributed by atoms with van der Waals surface area (Å²) in [5, 5.41) is 13.4. The highest BCUT2D eigenvalue weighted by Crippen LogP contribution is 2.14. The molecule has 0 unspecified atom stereocenters. The van der Waals surface area contributed by atoms with Crippen LogP contribution in [0.15, 0.2) is 54.6 Å². The van der Waals surface area contributed by atoms with Crippen molar-refractivity contribution in [2.75, 3.05) is 5.32 Å². The van der Waals surface area contributed by atoms with Crippen LogP contribution in [0.5, 0.6) is 0 Å². The lowest BCUT2D eigenvalue weighted by atomic mass is 10.2. The molecule has 0 bridgehead atoms. The second-order valence-electron chi connectivity index (χ2n) is 5.61. The van der Waals surface area contributed by atoms with E-state index in [-0.39, 0.29) is 17.2 Å². The lowest BCUT2D eigenvalue weighted by molar-refractivity contribution is -0.384. The van der Waals surface area contributed by atoms with Crippen LogP contribution in [0.1, 0.15) is 29.3 Å². The summed E-state index contributed by atoms with van der Waals surface area (Å²) in [6.45, 7) is 1.73. The van der Waals surface area contributed by atoms with Crippen LogP contribution >= 0.6 is 0 Å². The maximum absolute atomic E-state index is 12.0. The normalized spacial score (nSPS) is 10.3. The Kier molecular flexibility index (Phi) is 6.98. The third-order valence-electron chi connectivity index (χ3n) is 3.56. The third kappa shape index (κ3) is 6.06. The highest BCUT2D eigenvalue weighted by Gasteiger charge is 2.07. The highest BCUT2D eigenvalue weighted by atomic mass is 16.6. The number of rotatable bonds is 6. The second kappa shape index (κ2) is 9.62. The number of anilines is 1. The van der Waals surface area contributed by atoms with Crippen molar-refractivity contribution < 1.29 is 19.3 Å². The number of hydrazine groups is 1. The molecule has 28 heavy (non-hydrogen) atoms. The summed E-state index contributed by atoms with van der Waals surface area (Å²) in [7, 11) is 0. The maximum atomic E-state index is 12.0. The molecule has 0 radical (unpaired) electrons. The zero-order valence-electron chi connectivity index (χ0n) is 15.0. The summed E-state index contributed by atoms with van der Waals surface area (Å²) in [6, 6.07) is 11.9. The number of carbonyl (C=O) groups excluding carboxylic acids is 3. The summed E-state index contributed by atoms with van der Waals surface area (Å²) >= 11 is 0. The number of hydrogen-bond acceptors (Lipinski definition) is 5. The van der Waals surface area contributed by atoms with Crippen LogP contribution in [0, 0.1) is 10.1 Å². The third-order valence-corrected chi connectivity index (χ3v) is 3.56. The fraction of sp³-hybridized carbons (Fsp3) is 0.105. The number of benzene rings is 2. The van der Waals surface area contributed by atoms with Gasteiger partial charge >= 0.3 is 0 Å². The number of nitrogens with zero attached hydrogens (tertiary/aromatic N) is 1. The van der Waals surface area contributed by atoms with Crippen LogP contribution in [-0.4, -0.2) is 22.6 Å². The van der Waals surface area contributed by atoms with Gasteiger partial charge in [0.1, 0.15) is 0 Å². The van der Waals surface area contributed by atoms with E-state index in [4.69, 9.17) is 0 Å². The van der Waals surface area contributed by atoms with Crippen LogP contribution < -0.4 is 16.2 Å². The van der Waals surface area contributed by atoms with Crippen molar-refractivity contribution in [1.29, 1.82) is 0 Å². The molecular weight excluding hydrogens is 364 g/mol. The largest absolute Gasteiger partial charge is 0.326 e. The lowest BCUT2D eigenvalue weighted by Crippen LogP contribution is -2.40. The van der Waals surface area contributed by atoms with Crippen LogP contribution in [-0.2, 0) is 9.59 Å². The predicted molar refractivity (Wildman–Crippen MR) is 103 cm³/mol. The van der Waals surface area contributed by atoms with Gasteiger partial charge in [-0.15, -0.1) is 0 Å². The van der Waals surface area contributed by atoms with Gasteiger partial charge in [0.25, 0.3) is 17.5 Å². The molecule has 3 amide bonds. The predicted octanol–water partition coefficient (Wildman–Crippen LogP) is 2.42. The molecule has 0 fully saturated rings. The minimum Gasteiger partial charge on any atom is -0.326 e. The molecule has 0 aliphatic rings. The molecule has 0 aliphatic carbocycles. The van der Waals surface area contributed by atoms with Gasteiger partial charge in [-0.2, -0.15) is 0 Å². The quantitative estimate of drug-likeness (QED) is 0.401. The standard InChI is InChI=1S/C19H18N4O5/c1-2-17(24)20-15-9-7-14(8-10-15)19(26)22-21-18(25)11-6-13-4-3-5-16(12-13)23(27)28/h3-12H,2H2,1H3,(H,20,24)(H,21,25)(H,22,26)/b11-6+. The van der Waals surface area contributed by atoms with E-state index in [0.29, 0.717) is 17.7 Å². The molecule has 2 rings (SSSR count). The average Bonchev–Trinajstić information content (AvgIpc) is 2.71. The first-order chi connectivity index (χ1) is 13.4. The van der Waals surface area contributed by atoms with Crippen LogP contribution in [0.3, 0.4) is 0 Å². The summed E-state index contributed by atoms with van der Waals surface area (Å²) < 4.78 is 0. The molecule has 0 spiro atoms. The first kappa shape index (κ1) is 20.3. The van der Waals surface area contributed by atoms with E-state index >= 15 is 0 Å². The number of nitro groups is 1. The van der Waals surface area contributed by atoms with Gasteiger partial charge in [-0.05, 0) is 35.9 Å². The number of non-ortho nitro benzene ring substituents is 1. The number of amides is 3. The van der Waals surface area contributed by atoms with Crippen molar-refractivity contribution in [2.45, 2.75) is 13.3 Å². The topological polar surface area (TPSA) is 130 Å². The van der Waals surface area contributed by atoms with Gasteiger partial charge in [-0.3, -0.25) is 35.3 Å². The van der Waals surface area contributed by atoms with Crippen LogP contribution in [0.25, 0.3) is 6.08 Å². The minimum absolute atomic E-state index is 0.0885. The van der Waals surface area contributed by atoms with Crippen molar-refractivity contribution in [3.63, 3.8) is 0 Å². The van der Waals surface area contributed by atoms with Crippen LogP contribution in [0.4, 0.5) is 11.4 Å². The molecule has 0 saturated heterocycles. The van der Waals surface area contributed by atoms with E-state index in [1.165, 1.54) is 36.4 Å². The van der Waals surface area contributed by atoms with E-state index in [0.717, 1.165) is 6.08 Å². The molecule has 144 valence electrons. The minimum atomic E-state index is -0.605. The van der Waals surface area contributed by atoms with E-state index in [1.54, 1.807) is 25.1 Å². The molecule has 0 aliphatic heterocycles. The first-order valence-corrected chi connectivity index (χ1v) is 8.32. The molecular formula is C19H18N4O5. The van der Waals surface area contributed by atoms with Gasteiger partial charge in [0.15, 0.2) is 0 Å². The van der Waals surface area contributed by atoms with Crippen molar-refractivity contribution >= 4 is 35.2 Å². The van der Waals surface area contributed by atoms with Gasteiger partial charge in [-0.1, -0.05) is 19.1 Å². The van der Waals surface area contributed by atoms with Gasteiger partial charge in [0.2, 0.25) is 5.91 Å². The van der Waals surface area contributed by atoms with E-state index in [9.17, 15) is 24.5 Å². The Balaban J connectivity index is 1.88. The Morgan fingerprint density at radius 1 is 1.07 bits per heavy atom. The van der Waals surface area contributed by atoms with Crippen molar-refractivity contribution in [1.82, 2.24) is 10.9 Å². The van der Waals surface area contributed by atoms with E-state index < -0.39 is 16.7 Å². The maximum Gasteiger partial charge on any atom is 0.270 e. The molecule has 2 aromatic rings. The Morgan fingerprint density at radius 2 is 1.79 bits per heavy atom. The van der Waals surface area contributed by atoms with E-state index in [1.807, 2.05) is 0 Å². The Morgan fingerprint density at radius 3 is 2.43 bits per heavy atom. The smallest absolute Gasteiger partial charge is 0.270 e. The Bertz CT molecular complexity index is 922. The zero-order valence-corrected chi connectivity index (χ0v) is 15.0. The molecule has 0 heterocycles. The number of carbonyl (C=O) groups is 3. The first-order valence-electron chi connectivity index (χ1n) is 8.32. The molecule has 2 aromatic carbocycles. The average molecular weight is 382 g/mol. The lowest BCUT2D eigenvalue weighted by Gasteiger charge is -2.07.